The predicted octanol–water partition coefficient (Wildman–Crippen LogP) is 1.70. The Hall–Kier alpha value is -2.83. The molecule has 1 aliphatic rings. The van der Waals surface area contributed by atoms with E-state index in [1.807, 2.05) is 31.2 Å². The fraction of sp³-hybridized carbons (Fsp3) is 0.211. The van der Waals surface area contributed by atoms with Gasteiger partial charge in [-0.25, -0.2) is 0 Å². The van der Waals surface area contributed by atoms with E-state index < -0.39 is 12.7 Å². The molecule has 1 amide bonds. The van der Waals surface area contributed by atoms with Gasteiger partial charge in [-0.15, -0.1) is 0 Å². The third-order valence-corrected chi connectivity index (χ3v) is 3.89. The number of rotatable bonds is 4. The van der Waals surface area contributed by atoms with Crippen LogP contribution in [0, 0.1) is 6.92 Å². The standard InChI is InChI=1S/C19H20N2O4/c1-12-3-2-4-13(7-12)8-18-19(24)21(10-15(23)11-22)16-6-5-14(20)9-17(16)25-18/h2-9,15,22-23H,10-11,20H2,1H3/b18-8+. The number of carbonyl (C=O) groups is 1. The average molecular weight is 340 g/mol. The molecule has 130 valence electrons. The highest BCUT2D eigenvalue weighted by Crippen LogP contribution is 2.37. The Morgan fingerprint density at radius 2 is 2.08 bits per heavy atom. The fourth-order valence-corrected chi connectivity index (χ4v) is 2.69. The average Bonchev–Trinajstić information content (AvgIpc) is 2.58. The SMILES string of the molecule is Cc1cccc(/C=C2/Oc3cc(N)ccc3N(CC(O)CO)C2=O)c1. The molecule has 0 aromatic heterocycles. The largest absolute Gasteiger partial charge is 0.449 e. The number of nitrogen functional groups attached to an aromatic ring is 1. The summed E-state index contributed by atoms with van der Waals surface area (Å²) in [4.78, 5) is 14.2. The zero-order valence-electron chi connectivity index (χ0n) is 13.8. The van der Waals surface area contributed by atoms with Crippen LogP contribution >= 0.6 is 0 Å². The number of ether oxygens (including phenoxy) is 1. The summed E-state index contributed by atoms with van der Waals surface area (Å²) in [7, 11) is 0. The van der Waals surface area contributed by atoms with Crippen LogP contribution in [0.3, 0.4) is 0 Å². The van der Waals surface area contributed by atoms with Crippen LogP contribution < -0.4 is 15.4 Å². The Kier molecular flexibility index (Phi) is 4.74. The zero-order valence-corrected chi connectivity index (χ0v) is 13.8. The van der Waals surface area contributed by atoms with Crippen molar-refractivity contribution in [3.63, 3.8) is 0 Å². The number of hydrogen-bond acceptors (Lipinski definition) is 5. The van der Waals surface area contributed by atoms with Gasteiger partial charge in [-0.05, 0) is 30.7 Å². The van der Waals surface area contributed by atoms with Crippen LogP contribution in [-0.4, -0.2) is 35.4 Å². The van der Waals surface area contributed by atoms with Crippen LogP contribution in [0.15, 0.2) is 48.2 Å². The molecule has 2 aromatic rings. The number of aryl methyl sites for hydroxylation is 1. The molecule has 0 saturated carbocycles. The number of carbonyl (C=O) groups excluding carboxylic acids is 1. The number of nitrogens with two attached hydrogens (primary N) is 1. The van der Waals surface area contributed by atoms with Crippen molar-refractivity contribution in [2.75, 3.05) is 23.8 Å². The maximum Gasteiger partial charge on any atom is 0.294 e. The van der Waals surface area contributed by atoms with Crippen LogP contribution in [0.25, 0.3) is 6.08 Å². The molecule has 0 bridgehead atoms. The van der Waals surface area contributed by atoms with Crippen LogP contribution in [0.4, 0.5) is 11.4 Å². The van der Waals surface area contributed by atoms with E-state index >= 15 is 0 Å². The molecule has 1 unspecified atom stereocenters. The molecule has 0 spiro atoms. The second-order valence-electron chi connectivity index (χ2n) is 6.00. The topological polar surface area (TPSA) is 96.0 Å². The number of amides is 1. The van der Waals surface area contributed by atoms with Gasteiger partial charge in [-0.2, -0.15) is 0 Å². The Morgan fingerprint density at radius 3 is 2.80 bits per heavy atom. The minimum atomic E-state index is -1.05. The first-order chi connectivity index (χ1) is 12.0. The van der Waals surface area contributed by atoms with E-state index in [2.05, 4.69) is 0 Å². The summed E-state index contributed by atoms with van der Waals surface area (Å²) in [5.41, 5.74) is 8.72. The lowest BCUT2D eigenvalue weighted by atomic mass is 10.1. The molecule has 6 heteroatoms. The van der Waals surface area contributed by atoms with Gasteiger partial charge in [0.05, 0.1) is 24.9 Å². The van der Waals surface area contributed by atoms with Crippen molar-refractivity contribution in [3.05, 3.63) is 59.4 Å². The van der Waals surface area contributed by atoms with Gasteiger partial charge >= 0.3 is 0 Å². The maximum atomic E-state index is 12.8. The summed E-state index contributed by atoms with van der Waals surface area (Å²) < 4.78 is 5.76. The lowest BCUT2D eigenvalue weighted by Crippen LogP contribution is -2.43. The summed E-state index contributed by atoms with van der Waals surface area (Å²) in [5, 5.41) is 18.9. The molecule has 2 aromatic carbocycles. The first kappa shape index (κ1) is 17.0. The van der Waals surface area contributed by atoms with Crippen molar-refractivity contribution < 1.29 is 19.7 Å². The lowest BCUT2D eigenvalue weighted by molar-refractivity contribution is -0.118. The number of aliphatic hydroxyl groups is 2. The van der Waals surface area contributed by atoms with E-state index in [1.165, 1.54) is 4.90 Å². The predicted molar refractivity (Wildman–Crippen MR) is 96.1 cm³/mol. The van der Waals surface area contributed by atoms with E-state index in [0.717, 1.165) is 11.1 Å². The summed E-state index contributed by atoms with van der Waals surface area (Å²) in [5.74, 6) is 0.184. The molecule has 25 heavy (non-hydrogen) atoms. The van der Waals surface area contributed by atoms with Crippen LogP contribution in [0.1, 0.15) is 11.1 Å². The van der Waals surface area contributed by atoms with Crippen molar-refractivity contribution in [1.29, 1.82) is 0 Å². The van der Waals surface area contributed by atoms with Gasteiger partial charge in [0.15, 0.2) is 11.5 Å². The van der Waals surface area contributed by atoms with Crippen LogP contribution in [0.2, 0.25) is 0 Å². The lowest BCUT2D eigenvalue weighted by Gasteiger charge is -2.31. The van der Waals surface area contributed by atoms with Crippen molar-refractivity contribution in [2.24, 2.45) is 0 Å². The third kappa shape index (κ3) is 3.65. The Bertz CT molecular complexity index is 832. The number of nitrogens with zero attached hydrogens (tertiary/aromatic N) is 1. The number of fused-ring (bicyclic) bond motifs is 1. The Labute approximate surface area is 145 Å². The van der Waals surface area contributed by atoms with E-state index in [4.69, 9.17) is 15.6 Å². The number of benzene rings is 2. The van der Waals surface area contributed by atoms with Crippen molar-refractivity contribution >= 4 is 23.4 Å². The number of hydrogen-bond donors (Lipinski definition) is 3. The van der Waals surface area contributed by atoms with Gasteiger partial charge in [-0.3, -0.25) is 9.69 Å². The zero-order chi connectivity index (χ0) is 18.0. The van der Waals surface area contributed by atoms with Gasteiger partial charge in [0.2, 0.25) is 0 Å². The third-order valence-electron chi connectivity index (χ3n) is 3.89. The number of β-amino-alcohol motifs (C(OH)–C–C–N with tert-alkyl or cyclic N) is 1. The Balaban J connectivity index is 2.03. The van der Waals surface area contributed by atoms with Crippen molar-refractivity contribution in [3.8, 4) is 5.75 Å². The number of aliphatic hydroxyl groups excluding tert-OH is 2. The second kappa shape index (κ2) is 6.96. The smallest absolute Gasteiger partial charge is 0.294 e. The monoisotopic (exact) mass is 340 g/mol. The van der Waals surface area contributed by atoms with Gasteiger partial charge < -0.3 is 20.7 Å². The maximum absolute atomic E-state index is 12.8. The molecule has 0 saturated heterocycles. The quantitative estimate of drug-likeness (QED) is 0.581. The second-order valence-corrected chi connectivity index (χ2v) is 6.00. The van der Waals surface area contributed by atoms with Crippen molar-refractivity contribution in [2.45, 2.75) is 13.0 Å². The molecule has 3 rings (SSSR count). The summed E-state index contributed by atoms with van der Waals surface area (Å²) >= 11 is 0. The van der Waals surface area contributed by atoms with E-state index in [9.17, 15) is 9.90 Å². The Morgan fingerprint density at radius 1 is 1.28 bits per heavy atom. The van der Waals surface area contributed by atoms with Crippen LogP contribution in [-0.2, 0) is 4.79 Å². The summed E-state index contributed by atoms with van der Waals surface area (Å²) in [6, 6.07) is 12.6. The highest BCUT2D eigenvalue weighted by molar-refractivity contribution is 6.10. The summed E-state index contributed by atoms with van der Waals surface area (Å²) in [6.07, 6.45) is 0.604. The van der Waals surface area contributed by atoms with Gasteiger partial charge in [0.25, 0.3) is 5.91 Å². The van der Waals surface area contributed by atoms with Gasteiger partial charge in [0.1, 0.15) is 0 Å². The first-order valence-electron chi connectivity index (χ1n) is 7.94. The molecular formula is C19H20N2O4. The molecule has 6 nitrogen and oxygen atoms in total. The molecule has 4 N–H and O–H groups in total. The van der Waals surface area contributed by atoms with Gasteiger partial charge in [0, 0.05) is 11.8 Å². The highest BCUT2D eigenvalue weighted by atomic mass is 16.5. The van der Waals surface area contributed by atoms with E-state index in [0.29, 0.717) is 17.1 Å². The molecule has 1 atom stereocenters. The molecular weight excluding hydrogens is 320 g/mol. The molecule has 0 fully saturated rings. The number of anilines is 2. The first-order valence-corrected chi connectivity index (χ1v) is 7.94. The molecule has 1 heterocycles. The molecule has 1 aliphatic heterocycles. The van der Waals surface area contributed by atoms with Crippen LogP contribution in [0.5, 0.6) is 5.75 Å². The van der Waals surface area contributed by atoms with E-state index in [-0.39, 0.29) is 18.2 Å². The molecule has 0 radical (unpaired) electrons. The van der Waals surface area contributed by atoms with E-state index in [1.54, 1.807) is 24.3 Å². The minimum Gasteiger partial charge on any atom is -0.449 e. The minimum absolute atomic E-state index is 0.0409. The summed E-state index contributed by atoms with van der Waals surface area (Å²) in [6.45, 7) is 1.48. The fourth-order valence-electron chi connectivity index (χ4n) is 2.69. The molecule has 0 aliphatic carbocycles. The van der Waals surface area contributed by atoms with Gasteiger partial charge in [-0.1, -0.05) is 29.8 Å². The normalized spacial score (nSPS) is 16.5. The van der Waals surface area contributed by atoms with Crippen molar-refractivity contribution in [1.82, 2.24) is 0 Å². The highest BCUT2D eigenvalue weighted by Gasteiger charge is 2.31.